The molecular weight excluding hydrogens is 260 g/mol. The van der Waals surface area contributed by atoms with E-state index in [1.807, 2.05) is 0 Å². The van der Waals surface area contributed by atoms with E-state index in [1.165, 1.54) is 37.0 Å². The van der Waals surface area contributed by atoms with Crippen LogP contribution in [0.25, 0.3) is 0 Å². The van der Waals surface area contributed by atoms with Crippen LogP contribution in [0.4, 0.5) is 0 Å². The Morgan fingerprint density at radius 2 is 1.81 bits per heavy atom. The van der Waals surface area contributed by atoms with Crippen LogP contribution in [0, 0.1) is 12.1 Å². The molecular formula is C17H30N4. The number of allylic oxidation sites excluding steroid dienone is 1. The maximum Gasteiger partial charge on any atom is 0.147 e. The Morgan fingerprint density at radius 3 is 2.24 bits per heavy atom. The van der Waals surface area contributed by atoms with E-state index in [1.54, 1.807) is 0 Å². The lowest BCUT2D eigenvalue weighted by molar-refractivity contribution is -0.475. The van der Waals surface area contributed by atoms with E-state index < -0.39 is 0 Å². The first-order valence-electron chi connectivity index (χ1n) is 7.77. The molecule has 0 bridgehead atoms. The zero-order valence-electron chi connectivity index (χ0n) is 14.6. The normalized spacial score (nSPS) is 23.3. The van der Waals surface area contributed by atoms with Crippen LogP contribution in [0.1, 0.15) is 40.0 Å². The summed E-state index contributed by atoms with van der Waals surface area (Å²) in [4.78, 5) is 4.43. The van der Waals surface area contributed by atoms with Crippen LogP contribution in [-0.2, 0) is 0 Å². The van der Waals surface area contributed by atoms with Crippen molar-refractivity contribution in [3.05, 3.63) is 23.9 Å². The van der Waals surface area contributed by atoms with Gasteiger partial charge in [0.2, 0.25) is 0 Å². The Kier molecular flexibility index (Phi) is 4.26. The van der Waals surface area contributed by atoms with Crippen molar-refractivity contribution in [3.63, 3.8) is 0 Å². The molecule has 0 aromatic carbocycles. The summed E-state index contributed by atoms with van der Waals surface area (Å²) in [6, 6.07) is 2.88. The summed E-state index contributed by atoms with van der Waals surface area (Å²) >= 11 is 0. The fourth-order valence-electron chi connectivity index (χ4n) is 3.03. The maximum absolute atomic E-state index is 2.33. The average molecular weight is 290 g/mol. The molecule has 0 atom stereocenters. The fourth-order valence-corrected chi connectivity index (χ4v) is 3.03. The van der Waals surface area contributed by atoms with Gasteiger partial charge in [-0.3, -0.25) is 0 Å². The highest BCUT2D eigenvalue weighted by atomic mass is 15.3. The van der Waals surface area contributed by atoms with Crippen molar-refractivity contribution in [2.24, 2.45) is 0 Å². The molecule has 1 aliphatic carbocycles. The van der Waals surface area contributed by atoms with Crippen molar-refractivity contribution >= 4 is 12.7 Å². The second kappa shape index (κ2) is 5.66. The van der Waals surface area contributed by atoms with E-state index in [4.69, 9.17) is 0 Å². The van der Waals surface area contributed by atoms with Gasteiger partial charge < -0.3 is 19.0 Å². The van der Waals surface area contributed by atoms with Gasteiger partial charge >= 0.3 is 0 Å². The van der Waals surface area contributed by atoms with E-state index in [2.05, 4.69) is 86.7 Å². The molecule has 0 N–H and O–H groups in total. The molecule has 0 aromatic heterocycles. The lowest BCUT2D eigenvalue weighted by Gasteiger charge is -2.32. The second-order valence-corrected chi connectivity index (χ2v) is 6.75. The molecule has 2 heterocycles. The lowest BCUT2D eigenvalue weighted by atomic mass is 9.96. The molecule has 0 aromatic rings. The molecule has 0 amide bonds. The van der Waals surface area contributed by atoms with Crippen molar-refractivity contribution in [2.45, 2.75) is 45.6 Å². The molecule has 0 fully saturated rings. The summed E-state index contributed by atoms with van der Waals surface area (Å²) in [6.07, 6.45) is 10.4. The van der Waals surface area contributed by atoms with Gasteiger partial charge in [-0.05, 0) is 26.3 Å². The van der Waals surface area contributed by atoms with Crippen molar-refractivity contribution in [1.29, 1.82) is 0 Å². The van der Waals surface area contributed by atoms with Crippen molar-refractivity contribution in [2.75, 3.05) is 28.2 Å². The molecule has 0 spiro atoms. The quantitative estimate of drug-likeness (QED) is 0.501. The van der Waals surface area contributed by atoms with E-state index in [9.17, 15) is 0 Å². The number of rotatable bonds is 0. The predicted octanol–water partition coefficient (Wildman–Crippen LogP) is 2.14. The van der Waals surface area contributed by atoms with Gasteiger partial charge in [-0.15, -0.1) is 6.08 Å². The van der Waals surface area contributed by atoms with Gasteiger partial charge in [0, 0.05) is 18.8 Å². The van der Waals surface area contributed by atoms with Crippen molar-refractivity contribution in [3.8, 4) is 0 Å². The summed E-state index contributed by atoms with van der Waals surface area (Å²) in [5.41, 5.74) is 1.62. The SMILES string of the molecule is CN1C=[N+](C)[C-]2CCCC=C21.C[C-]1[N+](C)=CN(C)C1(C)C. The molecule has 0 unspecified atom stereocenters. The Balaban J connectivity index is 0.000000155. The minimum absolute atomic E-state index is 0.203. The van der Waals surface area contributed by atoms with Crippen LogP contribution in [0.3, 0.4) is 0 Å². The molecule has 0 saturated heterocycles. The highest BCUT2D eigenvalue weighted by molar-refractivity contribution is 5.58. The Labute approximate surface area is 130 Å². The molecule has 21 heavy (non-hydrogen) atoms. The molecule has 3 rings (SSSR count). The molecule has 0 saturated carbocycles. The smallest absolute Gasteiger partial charge is 0.147 e. The van der Waals surface area contributed by atoms with Gasteiger partial charge in [0.1, 0.15) is 6.34 Å². The minimum Gasteiger partial charge on any atom is -0.397 e. The first-order chi connectivity index (χ1) is 9.75. The molecule has 2 aliphatic heterocycles. The third kappa shape index (κ3) is 2.89. The standard InChI is InChI=1S/C9H14N2.C8H16N2/c1-10-7-11(2)9-6-4-3-5-8(9)10;1-7-8(2,3)10(5)6-9(7)4/h5,7H,3-4,6H2,1-2H3;6H,1-5H3. The molecule has 3 aliphatic rings. The number of hydrogen-bond acceptors (Lipinski definition) is 2. The zero-order valence-corrected chi connectivity index (χ0v) is 14.6. The molecule has 4 nitrogen and oxygen atoms in total. The first-order valence-corrected chi connectivity index (χ1v) is 7.77. The summed E-state index contributed by atoms with van der Waals surface area (Å²) < 4.78 is 4.39. The van der Waals surface area contributed by atoms with Gasteiger partial charge in [-0.2, -0.15) is 0 Å². The van der Waals surface area contributed by atoms with Crippen molar-refractivity contribution < 1.29 is 9.15 Å². The topological polar surface area (TPSA) is 12.5 Å². The van der Waals surface area contributed by atoms with E-state index >= 15 is 0 Å². The van der Waals surface area contributed by atoms with Gasteiger partial charge in [0.25, 0.3) is 0 Å². The van der Waals surface area contributed by atoms with Crippen LogP contribution in [0.2, 0.25) is 0 Å². The van der Waals surface area contributed by atoms with Crippen LogP contribution < -0.4 is 0 Å². The third-order valence-corrected chi connectivity index (χ3v) is 5.05. The molecule has 118 valence electrons. The summed E-state index contributed by atoms with van der Waals surface area (Å²) in [7, 11) is 8.42. The Morgan fingerprint density at radius 1 is 1.14 bits per heavy atom. The summed E-state index contributed by atoms with van der Waals surface area (Å²) in [5.74, 6) is 0. The fraction of sp³-hybridized carbons (Fsp3) is 0.647. The van der Waals surface area contributed by atoms with Gasteiger partial charge in [0.15, 0.2) is 0 Å². The van der Waals surface area contributed by atoms with E-state index in [-0.39, 0.29) is 5.54 Å². The van der Waals surface area contributed by atoms with Gasteiger partial charge in [-0.25, -0.2) is 0 Å². The minimum atomic E-state index is 0.203. The predicted molar refractivity (Wildman–Crippen MR) is 88.2 cm³/mol. The molecule has 4 heteroatoms. The number of nitrogens with zero attached hydrogens (tertiary/aromatic N) is 4. The van der Waals surface area contributed by atoms with E-state index in [0.717, 1.165) is 0 Å². The maximum atomic E-state index is 2.33. The van der Waals surface area contributed by atoms with Gasteiger partial charge in [-0.1, -0.05) is 19.8 Å². The molecule has 0 radical (unpaired) electrons. The summed E-state index contributed by atoms with van der Waals surface area (Å²) in [5, 5.41) is 0. The summed E-state index contributed by atoms with van der Waals surface area (Å²) in [6.45, 7) is 6.62. The zero-order chi connectivity index (χ0) is 15.8. The Hall–Kier alpha value is -1.58. The third-order valence-electron chi connectivity index (χ3n) is 5.05. The number of hydrogen-bond donors (Lipinski definition) is 0. The highest BCUT2D eigenvalue weighted by Gasteiger charge is 2.33. The number of fused-ring (bicyclic) bond motifs is 1. The number of likely N-dealkylation sites (N-methyl/N-ethyl adjacent to an activating group) is 4. The average Bonchev–Trinajstić information content (AvgIpc) is 2.82. The second-order valence-electron chi connectivity index (χ2n) is 6.75. The van der Waals surface area contributed by atoms with Crippen LogP contribution >= 0.6 is 0 Å². The highest BCUT2D eigenvalue weighted by Crippen LogP contribution is 2.31. The monoisotopic (exact) mass is 290 g/mol. The van der Waals surface area contributed by atoms with E-state index in [0.29, 0.717) is 0 Å². The van der Waals surface area contributed by atoms with Gasteiger partial charge in [0.05, 0.1) is 33.0 Å². The first kappa shape index (κ1) is 15.8. The van der Waals surface area contributed by atoms with Crippen LogP contribution in [-0.4, -0.2) is 65.4 Å². The van der Waals surface area contributed by atoms with Crippen LogP contribution in [0.5, 0.6) is 0 Å². The van der Waals surface area contributed by atoms with Crippen molar-refractivity contribution in [1.82, 2.24) is 9.80 Å². The Bertz CT molecular complexity index is 487. The largest absolute Gasteiger partial charge is 0.397 e. The van der Waals surface area contributed by atoms with Crippen LogP contribution in [0.15, 0.2) is 11.8 Å². The lowest BCUT2D eigenvalue weighted by Crippen LogP contribution is -2.39.